The predicted octanol–water partition coefficient (Wildman–Crippen LogP) is 2.77. The Kier molecular flexibility index (Phi) is 3.74. The van der Waals surface area contributed by atoms with Crippen LogP contribution in [0.25, 0.3) is 11.0 Å². The topological polar surface area (TPSA) is 36.7 Å². The maximum atomic E-state index is 12.8. The summed E-state index contributed by atoms with van der Waals surface area (Å²) >= 11 is 0. The molecule has 122 valence electrons. The lowest BCUT2D eigenvalue weighted by molar-refractivity contribution is 0.0535. The van der Waals surface area contributed by atoms with Crippen LogP contribution in [0.4, 0.5) is 0 Å². The second-order valence-corrected chi connectivity index (χ2v) is 7.16. The molecule has 1 aromatic carbocycles. The van der Waals surface area contributed by atoms with E-state index in [2.05, 4.69) is 16.7 Å². The molecule has 4 rings (SSSR count). The molecule has 3 heterocycles. The van der Waals surface area contributed by atoms with Crippen molar-refractivity contribution in [1.82, 2.24) is 9.80 Å². The van der Waals surface area contributed by atoms with E-state index in [1.54, 1.807) is 6.26 Å². The van der Waals surface area contributed by atoms with E-state index in [0.29, 0.717) is 29.6 Å². The van der Waals surface area contributed by atoms with E-state index in [1.807, 2.05) is 25.1 Å². The van der Waals surface area contributed by atoms with Gasteiger partial charge in [0.1, 0.15) is 5.58 Å². The van der Waals surface area contributed by atoms with Crippen molar-refractivity contribution >= 4 is 11.0 Å². The van der Waals surface area contributed by atoms with Gasteiger partial charge in [0.15, 0.2) is 5.43 Å². The highest BCUT2D eigenvalue weighted by Crippen LogP contribution is 2.25. The standard InChI is InChI=1S/C19H24N2O2/c1-13-5-6-18-17(8-13)19(22)15(12-23-18)10-21-11-16-4-3-7-20(16)9-14(21)2/h5-6,8,12,14,16H,3-4,7,9-11H2,1-2H3/t14-,16-/m0/s1. The van der Waals surface area contributed by atoms with Crippen molar-refractivity contribution < 1.29 is 4.42 Å². The number of benzene rings is 1. The molecule has 2 aromatic rings. The van der Waals surface area contributed by atoms with Crippen molar-refractivity contribution in [2.75, 3.05) is 19.6 Å². The number of fused-ring (bicyclic) bond motifs is 2. The van der Waals surface area contributed by atoms with Crippen LogP contribution in [0.1, 0.15) is 30.9 Å². The number of nitrogens with zero attached hydrogens (tertiary/aromatic N) is 2. The van der Waals surface area contributed by atoms with E-state index < -0.39 is 0 Å². The minimum Gasteiger partial charge on any atom is -0.464 e. The third kappa shape index (κ3) is 2.70. The van der Waals surface area contributed by atoms with Gasteiger partial charge in [0.2, 0.25) is 0 Å². The smallest absolute Gasteiger partial charge is 0.197 e. The van der Waals surface area contributed by atoms with Gasteiger partial charge in [-0.1, -0.05) is 11.6 Å². The fraction of sp³-hybridized carbons (Fsp3) is 0.526. The molecule has 23 heavy (non-hydrogen) atoms. The molecular formula is C19H24N2O2. The van der Waals surface area contributed by atoms with E-state index in [1.165, 1.54) is 19.4 Å². The molecule has 0 spiro atoms. The zero-order chi connectivity index (χ0) is 16.0. The summed E-state index contributed by atoms with van der Waals surface area (Å²) in [5, 5.41) is 0.703. The second kappa shape index (κ2) is 5.77. The largest absolute Gasteiger partial charge is 0.464 e. The Bertz CT molecular complexity index is 783. The van der Waals surface area contributed by atoms with Gasteiger partial charge in [-0.2, -0.15) is 0 Å². The fourth-order valence-electron chi connectivity index (χ4n) is 4.08. The Morgan fingerprint density at radius 3 is 3.04 bits per heavy atom. The van der Waals surface area contributed by atoms with Crippen LogP contribution in [-0.2, 0) is 6.54 Å². The molecule has 0 unspecified atom stereocenters. The lowest BCUT2D eigenvalue weighted by Gasteiger charge is -2.42. The lowest BCUT2D eigenvalue weighted by Crippen LogP contribution is -2.54. The molecule has 0 saturated carbocycles. The van der Waals surface area contributed by atoms with Gasteiger partial charge in [-0.05, 0) is 45.4 Å². The first-order valence-corrected chi connectivity index (χ1v) is 8.61. The number of hydrogen-bond acceptors (Lipinski definition) is 4. The van der Waals surface area contributed by atoms with Crippen molar-refractivity contribution in [3.63, 3.8) is 0 Å². The molecule has 1 aromatic heterocycles. The van der Waals surface area contributed by atoms with Crippen LogP contribution in [0, 0.1) is 6.92 Å². The molecule has 2 atom stereocenters. The predicted molar refractivity (Wildman–Crippen MR) is 91.7 cm³/mol. The highest BCUT2D eigenvalue weighted by atomic mass is 16.3. The van der Waals surface area contributed by atoms with E-state index >= 15 is 0 Å². The van der Waals surface area contributed by atoms with Crippen LogP contribution in [0.2, 0.25) is 0 Å². The zero-order valence-electron chi connectivity index (χ0n) is 13.9. The minimum absolute atomic E-state index is 0.121. The van der Waals surface area contributed by atoms with Gasteiger partial charge >= 0.3 is 0 Å². The average molecular weight is 312 g/mol. The van der Waals surface area contributed by atoms with Crippen LogP contribution >= 0.6 is 0 Å². The van der Waals surface area contributed by atoms with Crippen molar-refractivity contribution in [2.24, 2.45) is 0 Å². The zero-order valence-corrected chi connectivity index (χ0v) is 13.9. The minimum atomic E-state index is 0.121. The normalized spacial score (nSPS) is 25.8. The Hall–Kier alpha value is -1.65. The Morgan fingerprint density at radius 1 is 1.30 bits per heavy atom. The van der Waals surface area contributed by atoms with Gasteiger partial charge in [0, 0.05) is 37.3 Å². The molecule has 4 heteroatoms. The van der Waals surface area contributed by atoms with Gasteiger partial charge in [0.25, 0.3) is 0 Å². The van der Waals surface area contributed by atoms with Gasteiger partial charge in [-0.15, -0.1) is 0 Å². The van der Waals surface area contributed by atoms with Gasteiger partial charge in [-0.3, -0.25) is 14.6 Å². The monoisotopic (exact) mass is 312 g/mol. The number of hydrogen-bond donors (Lipinski definition) is 0. The Balaban J connectivity index is 1.62. The summed E-state index contributed by atoms with van der Waals surface area (Å²) in [6, 6.07) is 6.95. The molecule has 0 N–H and O–H groups in total. The molecule has 0 radical (unpaired) electrons. The molecule has 4 nitrogen and oxygen atoms in total. The summed E-state index contributed by atoms with van der Waals surface area (Å²) in [6.45, 7) is 8.38. The first-order chi connectivity index (χ1) is 11.1. The fourth-order valence-corrected chi connectivity index (χ4v) is 4.08. The highest BCUT2D eigenvalue weighted by molar-refractivity contribution is 5.77. The molecule has 0 amide bonds. The second-order valence-electron chi connectivity index (χ2n) is 7.16. The van der Waals surface area contributed by atoms with Gasteiger partial charge in [-0.25, -0.2) is 0 Å². The summed E-state index contributed by atoms with van der Waals surface area (Å²) in [4.78, 5) is 17.8. The third-order valence-corrected chi connectivity index (χ3v) is 5.44. The summed E-state index contributed by atoms with van der Waals surface area (Å²) in [5.41, 5.74) is 2.67. The summed E-state index contributed by atoms with van der Waals surface area (Å²) in [6.07, 6.45) is 4.26. The van der Waals surface area contributed by atoms with Gasteiger partial charge < -0.3 is 4.42 Å². The Morgan fingerprint density at radius 2 is 2.17 bits per heavy atom. The first-order valence-electron chi connectivity index (χ1n) is 8.61. The maximum absolute atomic E-state index is 12.8. The number of piperazine rings is 1. The summed E-state index contributed by atoms with van der Waals surface area (Å²) < 4.78 is 5.70. The highest BCUT2D eigenvalue weighted by Gasteiger charge is 2.34. The summed E-state index contributed by atoms with van der Waals surface area (Å²) in [5.74, 6) is 0. The lowest BCUT2D eigenvalue weighted by atomic mass is 10.1. The van der Waals surface area contributed by atoms with Crippen LogP contribution < -0.4 is 5.43 Å². The van der Waals surface area contributed by atoms with Crippen molar-refractivity contribution in [1.29, 1.82) is 0 Å². The van der Waals surface area contributed by atoms with Crippen LogP contribution in [0.5, 0.6) is 0 Å². The average Bonchev–Trinajstić information content (AvgIpc) is 2.98. The van der Waals surface area contributed by atoms with E-state index in [9.17, 15) is 4.79 Å². The van der Waals surface area contributed by atoms with E-state index in [-0.39, 0.29) is 5.43 Å². The van der Waals surface area contributed by atoms with Crippen LogP contribution in [0.15, 0.2) is 33.7 Å². The maximum Gasteiger partial charge on any atom is 0.197 e. The summed E-state index contributed by atoms with van der Waals surface area (Å²) in [7, 11) is 0. The molecule has 2 fully saturated rings. The number of rotatable bonds is 2. The third-order valence-electron chi connectivity index (χ3n) is 5.44. The molecule has 2 aliphatic heterocycles. The van der Waals surface area contributed by atoms with Crippen LogP contribution in [0.3, 0.4) is 0 Å². The number of aryl methyl sites for hydroxylation is 1. The molecule has 0 bridgehead atoms. The van der Waals surface area contributed by atoms with Gasteiger partial charge in [0.05, 0.1) is 11.6 Å². The quantitative estimate of drug-likeness (QED) is 0.854. The molecular weight excluding hydrogens is 288 g/mol. The molecule has 2 saturated heterocycles. The van der Waals surface area contributed by atoms with Crippen molar-refractivity contribution in [3.05, 3.63) is 45.8 Å². The van der Waals surface area contributed by atoms with E-state index in [0.717, 1.165) is 24.2 Å². The first kappa shape index (κ1) is 14.9. The molecule has 0 aliphatic carbocycles. The molecule has 2 aliphatic rings. The Labute approximate surface area is 136 Å². The van der Waals surface area contributed by atoms with E-state index in [4.69, 9.17) is 4.42 Å². The van der Waals surface area contributed by atoms with Crippen molar-refractivity contribution in [2.45, 2.75) is 45.3 Å². The van der Waals surface area contributed by atoms with Crippen molar-refractivity contribution in [3.8, 4) is 0 Å². The SMILES string of the molecule is Cc1ccc2occ(CN3C[C@@H]4CCCN4C[C@@H]3C)c(=O)c2c1. The van der Waals surface area contributed by atoms with Crippen LogP contribution in [-0.4, -0.2) is 41.5 Å².